The quantitative estimate of drug-likeness (QED) is 0.684. The number of rotatable bonds is 8. The molecule has 2 fully saturated rings. The van der Waals surface area contributed by atoms with Crippen LogP contribution in [0.1, 0.15) is 40.2 Å². The van der Waals surface area contributed by atoms with Crippen molar-refractivity contribution in [1.29, 1.82) is 0 Å². The monoisotopic (exact) mass is 440 g/mol. The van der Waals surface area contributed by atoms with E-state index in [-0.39, 0.29) is 5.91 Å². The summed E-state index contributed by atoms with van der Waals surface area (Å²) >= 11 is 0. The summed E-state index contributed by atoms with van der Waals surface area (Å²) in [6.07, 6.45) is 2.52. The van der Waals surface area contributed by atoms with E-state index >= 15 is 0 Å². The smallest absolute Gasteiger partial charge is 0.268 e. The second kappa shape index (κ2) is 10.4. The van der Waals surface area contributed by atoms with Crippen LogP contribution in [0, 0.1) is 13.8 Å². The van der Waals surface area contributed by atoms with Gasteiger partial charge in [0, 0.05) is 44.0 Å². The van der Waals surface area contributed by atoms with Crippen LogP contribution >= 0.6 is 0 Å². The summed E-state index contributed by atoms with van der Waals surface area (Å²) in [6, 6.07) is 8.07. The second-order valence-corrected chi connectivity index (χ2v) is 8.75. The fourth-order valence-corrected chi connectivity index (χ4v) is 5.00. The van der Waals surface area contributed by atoms with Gasteiger partial charge in [0.15, 0.2) is 0 Å². The predicted octanol–water partition coefficient (Wildman–Crippen LogP) is 2.82. The fourth-order valence-electron chi connectivity index (χ4n) is 5.00. The molecule has 0 unspecified atom stereocenters. The molecule has 1 aromatic carbocycles. The van der Waals surface area contributed by atoms with Crippen molar-refractivity contribution in [2.24, 2.45) is 0 Å². The normalized spacial score (nSPS) is 17.0. The van der Waals surface area contributed by atoms with Crippen LogP contribution in [-0.2, 0) is 11.3 Å². The van der Waals surface area contributed by atoms with E-state index in [1.54, 1.807) is 7.11 Å². The Bertz CT molecular complexity index is 928. The number of likely N-dealkylation sites (tertiary alicyclic amines) is 1. The molecule has 3 heterocycles. The zero-order valence-corrected chi connectivity index (χ0v) is 19.7. The van der Waals surface area contributed by atoms with Gasteiger partial charge in [0.05, 0.1) is 26.0 Å². The summed E-state index contributed by atoms with van der Waals surface area (Å²) in [5.74, 6) is 0.834. The summed E-state index contributed by atoms with van der Waals surface area (Å²) in [5.41, 5.74) is 5.21. The number of hydrogen-bond donors (Lipinski definition) is 1. The van der Waals surface area contributed by atoms with E-state index < -0.39 is 0 Å². The number of ether oxygens (including phenoxy) is 2. The number of carbonyl (C=O) groups excluding carboxylic acids is 1. The Morgan fingerprint density at radius 1 is 1.12 bits per heavy atom. The van der Waals surface area contributed by atoms with Gasteiger partial charge >= 0.3 is 0 Å². The minimum absolute atomic E-state index is 0.00667. The highest BCUT2D eigenvalue weighted by atomic mass is 16.5. The highest BCUT2D eigenvalue weighted by Gasteiger charge is 2.27. The van der Waals surface area contributed by atoms with Crippen LogP contribution in [0.3, 0.4) is 0 Å². The maximum atomic E-state index is 13.4. The number of morpholine rings is 1. The summed E-state index contributed by atoms with van der Waals surface area (Å²) in [4.78, 5) is 18.2. The lowest BCUT2D eigenvalue weighted by Gasteiger charge is -2.29. The molecule has 2 aliphatic heterocycles. The summed E-state index contributed by atoms with van der Waals surface area (Å²) < 4.78 is 13.1. The average molecular weight is 441 g/mol. The van der Waals surface area contributed by atoms with Crippen molar-refractivity contribution in [2.45, 2.75) is 33.2 Å². The van der Waals surface area contributed by atoms with Crippen LogP contribution in [-0.4, -0.2) is 75.0 Å². The predicted molar refractivity (Wildman–Crippen MR) is 127 cm³/mol. The molecule has 1 aromatic heterocycles. The number of anilines is 1. The van der Waals surface area contributed by atoms with Crippen LogP contribution in [0.2, 0.25) is 0 Å². The summed E-state index contributed by atoms with van der Waals surface area (Å²) in [6.45, 7) is 11.8. The molecule has 0 atom stereocenters. The van der Waals surface area contributed by atoms with Gasteiger partial charge < -0.3 is 29.2 Å². The van der Waals surface area contributed by atoms with Gasteiger partial charge in [0.1, 0.15) is 11.4 Å². The molecular weight excluding hydrogens is 404 g/mol. The van der Waals surface area contributed by atoms with E-state index in [2.05, 4.69) is 39.6 Å². The topological polar surface area (TPSA) is 59.0 Å². The Hall–Kier alpha value is -2.51. The number of methoxy groups -OCH3 is 1. The highest BCUT2D eigenvalue weighted by Crippen LogP contribution is 2.32. The molecular formula is C25H36N4O3. The molecule has 32 heavy (non-hydrogen) atoms. The Morgan fingerprint density at radius 2 is 1.88 bits per heavy atom. The highest BCUT2D eigenvalue weighted by molar-refractivity contribution is 5.96. The van der Waals surface area contributed by atoms with E-state index in [0.717, 1.165) is 74.2 Å². The first-order valence-corrected chi connectivity index (χ1v) is 11.7. The van der Waals surface area contributed by atoms with Crippen molar-refractivity contribution in [3.8, 4) is 5.75 Å². The molecule has 4 rings (SSSR count). The molecule has 2 aromatic rings. The molecule has 0 radical (unpaired) electrons. The first kappa shape index (κ1) is 22.7. The molecule has 0 aliphatic carbocycles. The molecule has 0 saturated carbocycles. The third kappa shape index (κ3) is 4.94. The Labute approximate surface area is 191 Å². The van der Waals surface area contributed by atoms with Crippen LogP contribution in [0.25, 0.3) is 0 Å². The largest absolute Gasteiger partial charge is 0.497 e. The van der Waals surface area contributed by atoms with Gasteiger partial charge in [-0.25, -0.2) is 0 Å². The lowest BCUT2D eigenvalue weighted by molar-refractivity contribution is 0.0940. The van der Waals surface area contributed by atoms with Gasteiger partial charge in [-0.05, 0) is 57.5 Å². The second-order valence-electron chi connectivity index (χ2n) is 8.75. The summed E-state index contributed by atoms with van der Waals surface area (Å²) in [7, 11) is 1.68. The Morgan fingerprint density at radius 3 is 2.59 bits per heavy atom. The molecule has 0 spiro atoms. The van der Waals surface area contributed by atoms with Gasteiger partial charge in [0.25, 0.3) is 5.91 Å². The average Bonchev–Trinajstić information content (AvgIpc) is 3.41. The SMILES string of the molecule is COc1cccc(Cn2c(C)c(N3CCOCC3)c(C)c2C(=O)NCCN2CCCC2)c1. The van der Waals surface area contributed by atoms with Crippen molar-refractivity contribution >= 4 is 11.6 Å². The molecule has 7 nitrogen and oxygen atoms in total. The van der Waals surface area contributed by atoms with Crippen LogP contribution < -0.4 is 15.0 Å². The Balaban J connectivity index is 1.61. The molecule has 1 amide bonds. The van der Waals surface area contributed by atoms with Crippen LogP contribution in [0.15, 0.2) is 24.3 Å². The third-order valence-corrected chi connectivity index (χ3v) is 6.66. The maximum Gasteiger partial charge on any atom is 0.268 e. The number of amides is 1. The van der Waals surface area contributed by atoms with Gasteiger partial charge in [-0.3, -0.25) is 4.79 Å². The van der Waals surface area contributed by atoms with E-state index in [0.29, 0.717) is 13.1 Å². The molecule has 2 aliphatic rings. The zero-order chi connectivity index (χ0) is 22.5. The third-order valence-electron chi connectivity index (χ3n) is 6.66. The molecule has 1 N–H and O–H groups in total. The van der Waals surface area contributed by atoms with Crippen molar-refractivity contribution in [1.82, 2.24) is 14.8 Å². The van der Waals surface area contributed by atoms with E-state index in [1.807, 2.05) is 18.2 Å². The fraction of sp³-hybridized carbons (Fsp3) is 0.560. The van der Waals surface area contributed by atoms with Gasteiger partial charge in [0.2, 0.25) is 0 Å². The minimum atomic E-state index is 0.00667. The molecule has 2 saturated heterocycles. The maximum absolute atomic E-state index is 13.4. The van der Waals surface area contributed by atoms with Crippen LogP contribution in [0.5, 0.6) is 5.75 Å². The lowest BCUT2D eigenvalue weighted by atomic mass is 10.2. The number of nitrogens with zero attached hydrogens (tertiary/aromatic N) is 3. The molecule has 0 bridgehead atoms. The molecule has 174 valence electrons. The number of hydrogen-bond acceptors (Lipinski definition) is 5. The number of nitrogens with one attached hydrogen (secondary N) is 1. The van der Waals surface area contributed by atoms with E-state index in [9.17, 15) is 4.79 Å². The van der Waals surface area contributed by atoms with Crippen molar-refractivity contribution in [2.75, 3.05) is 64.5 Å². The van der Waals surface area contributed by atoms with Gasteiger partial charge in [-0.2, -0.15) is 0 Å². The Kier molecular flexibility index (Phi) is 7.37. The van der Waals surface area contributed by atoms with Gasteiger partial charge in [-0.1, -0.05) is 12.1 Å². The van der Waals surface area contributed by atoms with Crippen molar-refractivity contribution in [3.63, 3.8) is 0 Å². The van der Waals surface area contributed by atoms with Crippen molar-refractivity contribution < 1.29 is 14.3 Å². The van der Waals surface area contributed by atoms with Crippen molar-refractivity contribution in [3.05, 3.63) is 46.8 Å². The lowest BCUT2D eigenvalue weighted by Crippen LogP contribution is -2.37. The summed E-state index contributed by atoms with van der Waals surface area (Å²) in [5, 5.41) is 3.19. The standard InChI is InChI=1S/C25H36N4O3/c1-19-23(28-13-15-32-16-14-28)20(2)29(18-21-7-6-8-22(17-21)31-3)24(19)25(30)26-9-12-27-10-4-5-11-27/h6-8,17H,4-5,9-16,18H2,1-3H3,(H,26,30). The number of carbonyl (C=O) groups is 1. The first-order valence-electron chi connectivity index (χ1n) is 11.7. The van der Waals surface area contributed by atoms with Crippen LogP contribution in [0.4, 0.5) is 5.69 Å². The van der Waals surface area contributed by atoms with E-state index in [1.165, 1.54) is 18.5 Å². The zero-order valence-electron chi connectivity index (χ0n) is 19.7. The number of benzene rings is 1. The van der Waals surface area contributed by atoms with E-state index in [4.69, 9.17) is 9.47 Å². The van der Waals surface area contributed by atoms with Gasteiger partial charge in [-0.15, -0.1) is 0 Å². The first-order chi connectivity index (χ1) is 15.6. The molecule has 7 heteroatoms. The minimum Gasteiger partial charge on any atom is -0.497 e. The number of aromatic nitrogens is 1.